The Hall–Kier alpha value is -2.12. The lowest BCUT2D eigenvalue weighted by Gasteiger charge is -2.13. The number of hydrogen-bond donors (Lipinski definition) is 1. The van der Waals surface area contributed by atoms with Crippen molar-refractivity contribution in [2.75, 3.05) is 6.61 Å². The van der Waals surface area contributed by atoms with E-state index in [1.54, 1.807) is 25.6 Å². The van der Waals surface area contributed by atoms with Crippen molar-refractivity contribution in [1.82, 2.24) is 9.97 Å². The first-order chi connectivity index (χ1) is 12.8. The molecule has 1 unspecified atom stereocenters. The van der Waals surface area contributed by atoms with Gasteiger partial charge in [-0.3, -0.25) is 4.79 Å². The molecule has 0 aliphatic carbocycles. The van der Waals surface area contributed by atoms with Crippen LogP contribution in [-0.2, 0) is 4.74 Å². The number of nitrogens with one attached hydrogen (secondary N) is 1. The third kappa shape index (κ3) is 3.94. The summed E-state index contributed by atoms with van der Waals surface area (Å²) in [4.78, 5) is 34.4. The van der Waals surface area contributed by atoms with Gasteiger partial charge in [0.1, 0.15) is 15.5 Å². The Kier molecular flexibility index (Phi) is 5.72. The number of carbonyl (C=O) groups is 1. The number of rotatable bonds is 5. The molecule has 1 aromatic carbocycles. The summed E-state index contributed by atoms with van der Waals surface area (Å²) in [5.41, 5.74) is 2.83. The van der Waals surface area contributed by atoms with Gasteiger partial charge in [-0.15, -0.1) is 23.1 Å². The molecule has 2 aromatic heterocycles. The molecule has 2 heterocycles. The lowest BCUT2D eigenvalue weighted by atomic mass is 10.2. The molecule has 1 N–H and O–H groups in total. The van der Waals surface area contributed by atoms with E-state index >= 15 is 0 Å². The van der Waals surface area contributed by atoms with Crippen LogP contribution in [0.5, 0.6) is 0 Å². The van der Waals surface area contributed by atoms with Crippen molar-refractivity contribution in [2.45, 2.75) is 44.8 Å². The number of thiophene rings is 1. The first-order valence-electron chi connectivity index (χ1n) is 8.76. The minimum Gasteiger partial charge on any atom is -0.462 e. The van der Waals surface area contributed by atoms with Crippen LogP contribution in [0.15, 0.2) is 27.9 Å². The fourth-order valence-electron chi connectivity index (χ4n) is 2.92. The van der Waals surface area contributed by atoms with Crippen LogP contribution in [0.25, 0.3) is 10.2 Å². The van der Waals surface area contributed by atoms with Gasteiger partial charge in [-0.05, 0) is 51.8 Å². The summed E-state index contributed by atoms with van der Waals surface area (Å²) in [5.74, 6) is 0.200. The maximum absolute atomic E-state index is 12.6. The Morgan fingerprint density at radius 2 is 2.07 bits per heavy atom. The Balaban J connectivity index is 1.98. The normalized spacial score (nSPS) is 12.3. The number of aromatic nitrogens is 2. The molecule has 0 aliphatic rings. The second kappa shape index (κ2) is 7.86. The third-order valence-electron chi connectivity index (χ3n) is 4.30. The summed E-state index contributed by atoms with van der Waals surface area (Å²) in [5, 5.41) is 0.437. The van der Waals surface area contributed by atoms with Gasteiger partial charge in [0.15, 0.2) is 0 Å². The fourth-order valence-corrected chi connectivity index (χ4v) is 5.00. The van der Waals surface area contributed by atoms with Gasteiger partial charge >= 0.3 is 5.97 Å². The number of thioether (sulfide) groups is 1. The van der Waals surface area contributed by atoms with Gasteiger partial charge < -0.3 is 9.72 Å². The van der Waals surface area contributed by atoms with E-state index < -0.39 is 5.97 Å². The number of aromatic amines is 1. The van der Waals surface area contributed by atoms with Gasteiger partial charge in [-0.1, -0.05) is 17.7 Å². The molecule has 0 bridgehead atoms. The molecule has 3 aromatic rings. The highest BCUT2D eigenvalue weighted by Gasteiger charge is 2.21. The fraction of sp³-hybridized carbons (Fsp3) is 0.350. The van der Waals surface area contributed by atoms with E-state index in [2.05, 4.69) is 42.0 Å². The average Bonchev–Trinajstić information content (AvgIpc) is 2.95. The number of esters is 1. The number of fused-ring (bicyclic) bond motifs is 1. The zero-order valence-corrected chi connectivity index (χ0v) is 17.6. The molecule has 142 valence electrons. The molecule has 0 radical (unpaired) electrons. The van der Waals surface area contributed by atoms with Crippen LogP contribution in [0, 0.1) is 20.8 Å². The second-order valence-electron chi connectivity index (χ2n) is 6.44. The van der Waals surface area contributed by atoms with Gasteiger partial charge in [0, 0.05) is 4.90 Å². The zero-order valence-electron chi connectivity index (χ0n) is 16.0. The van der Waals surface area contributed by atoms with Gasteiger partial charge in [-0.2, -0.15) is 0 Å². The molecule has 0 aliphatic heterocycles. The predicted molar refractivity (Wildman–Crippen MR) is 111 cm³/mol. The van der Waals surface area contributed by atoms with E-state index in [4.69, 9.17) is 4.74 Å². The van der Waals surface area contributed by atoms with Crippen LogP contribution in [-0.4, -0.2) is 22.5 Å². The molecule has 0 saturated carbocycles. The van der Waals surface area contributed by atoms with Crippen molar-refractivity contribution in [2.24, 2.45) is 0 Å². The summed E-state index contributed by atoms with van der Waals surface area (Å²) >= 11 is 2.87. The monoisotopic (exact) mass is 402 g/mol. The molecule has 5 nitrogen and oxygen atoms in total. The lowest BCUT2D eigenvalue weighted by Crippen LogP contribution is -2.13. The quantitative estimate of drug-likeness (QED) is 0.483. The standard InChI is InChI=1S/C20H22N2O3S2/c1-6-25-20(24)16-12(4)15-18(23)21-17(22-19(15)27-16)13(5)26-14-8-7-10(2)9-11(14)3/h7-9,13H,6H2,1-5H3,(H,21,22,23). The highest BCUT2D eigenvalue weighted by atomic mass is 32.2. The minimum absolute atomic E-state index is 0.0306. The van der Waals surface area contributed by atoms with Crippen molar-refractivity contribution in [3.8, 4) is 0 Å². The lowest BCUT2D eigenvalue weighted by molar-refractivity contribution is 0.0531. The van der Waals surface area contributed by atoms with Gasteiger partial charge in [0.25, 0.3) is 5.56 Å². The number of nitrogens with zero attached hydrogens (tertiary/aromatic N) is 1. The van der Waals surface area contributed by atoms with E-state index in [0.29, 0.717) is 33.1 Å². The van der Waals surface area contributed by atoms with Crippen molar-refractivity contribution >= 4 is 39.3 Å². The summed E-state index contributed by atoms with van der Waals surface area (Å²) < 4.78 is 5.09. The van der Waals surface area contributed by atoms with Crippen molar-refractivity contribution in [1.29, 1.82) is 0 Å². The Morgan fingerprint density at radius 3 is 2.74 bits per heavy atom. The molecule has 0 fully saturated rings. The number of hydrogen-bond acceptors (Lipinski definition) is 6. The van der Waals surface area contributed by atoms with Gasteiger partial charge in [-0.25, -0.2) is 9.78 Å². The van der Waals surface area contributed by atoms with Crippen LogP contribution >= 0.6 is 23.1 Å². The van der Waals surface area contributed by atoms with Crippen molar-refractivity contribution in [3.05, 3.63) is 55.9 Å². The third-order valence-corrected chi connectivity index (χ3v) is 6.75. The van der Waals surface area contributed by atoms with Crippen LogP contribution in [0.3, 0.4) is 0 Å². The molecule has 27 heavy (non-hydrogen) atoms. The van der Waals surface area contributed by atoms with Crippen LogP contribution in [0.4, 0.5) is 0 Å². The molecule has 1 atom stereocenters. The summed E-state index contributed by atoms with van der Waals surface area (Å²) in [6.45, 7) is 9.98. The highest BCUT2D eigenvalue weighted by molar-refractivity contribution is 7.99. The highest BCUT2D eigenvalue weighted by Crippen LogP contribution is 2.36. The molecular weight excluding hydrogens is 380 g/mol. The van der Waals surface area contributed by atoms with Gasteiger partial charge in [0.2, 0.25) is 0 Å². The molecule has 0 saturated heterocycles. The van der Waals surface area contributed by atoms with Crippen LogP contribution < -0.4 is 5.56 Å². The summed E-state index contributed by atoms with van der Waals surface area (Å²) in [7, 11) is 0. The van der Waals surface area contributed by atoms with E-state index in [0.717, 1.165) is 4.90 Å². The smallest absolute Gasteiger partial charge is 0.348 e. The van der Waals surface area contributed by atoms with E-state index in [1.165, 1.54) is 22.5 Å². The number of ether oxygens (including phenoxy) is 1. The summed E-state index contributed by atoms with van der Waals surface area (Å²) in [6, 6.07) is 6.31. The number of H-pyrrole nitrogens is 1. The Bertz CT molecular complexity index is 1070. The Labute approximate surface area is 166 Å². The molecule has 3 rings (SSSR count). The first-order valence-corrected chi connectivity index (χ1v) is 10.5. The average molecular weight is 403 g/mol. The van der Waals surface area contributed by atoms with Crippen LogP contribution in [0.2, 0.25) is 0 Å². The summed E-state index contributed by atoms with van der Waals surface area (Å²) in [6.07, 6.45) is 0. The minimum atomic E-state index is -0.406. The first kappa shape index (κ1) is 19.6. The number of carbonyl (C=O) groups excluding carboxylic acids is 1. The molecule has 0 spiro atoms. The van der Waals surface area contributed by atoms with Crippen molar-refractivity contribution < 1.29 is 9.53 Å². The van der Waals surface area contributed by atoms with E-state index in [1.807, 2.05) is 6.92 Å². The van der Waals surface area contributed by atoms with E-state index in [-0.39, 0.29) is 10.8 Å². The molecular formula is C20H22N2O3S2. The maximum Gasteiger partial charge on any atom is 0.348 e. The topological polar surface area (TPSA) is 72.0 Å². The molecule has 7 heteroatoms. The maximum atomic E-state index is 12.6. The molecule has 0 amide bonds. The zero-order chi connectivity index (χ0) is 19.7. The predicted octanol–water partition coefficient (Wildman–Crippen LogP) is 4.94. The largest absolute Gasteiger partial charge is 0.462 e. The van der Waals surface area contributed by atoms with Crippen LogP contribution in [0.1, 0.15) is 51.3 Å². The Morgan fingerprint density at radius 1 is 1.33 bits per heavy atom. The number of benzene rings is 1. The second-order valence-corrected chi connectivity index (χ2v) is 8.82. The van der Waals surface area contributed by atoms with E-state index in [9.17, 15) is 9.59 Å². The van der Waals surface area contributed by atoms with Gasteiger partial charge in [0.05, 0.1) is 17.2 Å². The SMILES string of the molecule is CCOC(=O)c1sc2nc(C(C)Sc3ccc(C)cc3C)[nH]c(=O)c2c1C. The van der Waals surface area contributed by atoms with Crippen molar-refractivity contribution in [3.63, 3.8) is 0 Å². The number of aryl methyl sites for hydroxylation is 3.